The molecule has 8 heteroatoms. The summed E-state index contributed by atoms with van der Waals surface area (Å²) < 4.78 is 39.9. The zero-order valence-corrected chi connectivity index (χ0v) is 11.3. The topological polar surface area (TPSA) is 70.9 Å². The number of carboxylic acid groups (broad SMARTS) is 1. The number of carboxylic acids is 1. The molecule has 0 aliphatic heterocycles. The van der Waals surface area contributed by atoms with Crippen molar-refractivity contribution in [2.24, 2.45) is 7.05 Å². The van der Waals surface area contributed by atoms with E-state index in [4.69, 9.17) is 5.11 Å². The van der Waals surface area contributed by atoms with Crippen molar-refractivity contribution in [3.8, 4) is 11.4 Å². The van der Waals surface area contributed by atoms with Crippen LogP contribution in [0.25, 0.3) is 22.3 Å². The molecule has 0 radical (unpaired) electrons. The van der Waals surface area contributed by atoms with E-state index in [-0.39, 0.29) is 5.69 Å². The number of nitrogens with one attached hydrogen (secondary N) is 1. The summed E-state index contributed by atoms with van der Waals surface area (Å²) >= 11 is 0. The number of H-pyrrole nitrogens is 1. The number of hydrogen-bond acceptors (Lipinski definition) is 2. The molecule has 22 heavy (non-hydrogen) atoms. The molecular formula is C14H10F3N3O2. The van der Waals surface area contributed by atoms with E-state index in [0.29, 0.717) is 22.3 Å². The van der Waals surface area contributed by atoms with Crippen molar-refractivity contribution >= 4 is 16.9 Å². The van der Waals surface area contributed by atoms with Crippen molar-refractivity contribution in [3.05, 3.63) is 41.6 Å². The molecule has 0 bridgehead atoms. The maximum absolute atomic E-state index is 12.7. The molecule has 0 saturated carbocycles. The lowest BCUT2D eigenvalue weighted by Crippen LogP contribution is -2.04. The number of aromatic carboxylic acids is 1. The number of alkyl halides is 3. The molecule has 0 aliphatic carbocycles. The summed E-state index contributed by atoms with van der Waals surface area (Å²) in [6, 6.07) is 6.34. The molecule has 0 aliphatic rings. The van der Waals surface area contributed by atoms with Gasteiger partial charge in [0.2, 0.25) is 0 Å². The Hall–Kier alpha value is -2.77. The second-order valence-electron chi connectivity index (χ2n) is 4.83. The number of benzene rings is 1. The highest BCUT2D eigenvalue weighted by Gasteiger charge is 2.30. The van der Waals surface area contributed by atoms with Gasteiger partial charge in [0.15, 0.2) is 0 Å². The first-order valence-electron chi connectivity index (χ1n) is 6.23. The average Bonchev–Trinajstić information content (AvgIpc) is 3.02. The summed E-state index contributed by atoms with van der Waals surface area (Å²) in [4.78, 5) is 10.9. The molecule has 1 aromatic carbocycles. The molecule has 2 heterocycles. The summed E-state index contributed by atoms with van der Waals surface area (Å²) in [6.45, 7) is 0. The van der Waals surface area contributed by atoms with Gasteiger partial charge in [0.1, 0.15) is 11.4 Å². The number of rotatable bonds is 2. The average molecular weight is 309 g/mol. The fourth-order valence-corrected chi connectivity index (χ4v) is 2.33. The minimum Gasteiger partial charge on any atom is -0.477 e. The Morgan fingerprint density at radius 2 is 2.00 bits per heavy atom. The van der Waals surface area contributed by atoms with Crippen LogP contribution in [-0.2, 0) is 13.2 Å². The van der Waals surface area contributed by atoms with Gasteiger partial charge in [0.05, 0.1) is 11.3 Å². The number of fused-ring (bicyclic) bond motifs is 1. The molecule has 0 fully saturated rings. The lowest BCUT2D eigenvalue weighted by molar-refractivity contribution is -0.137. The van der Waals surface area contributed by atoms with E-state index in [1.54, 1.807) is 17.7 Å². The van der Waals surface area contributed by atoms with Gasteiger partial charge in [0, 0.05) is 24.0 Å². The molecule has 0 saturated heterocycles. The molecule has 5 nitrogen and oxygen atoms in total. The molecule has 0 unspecified atom stereocenters. The maximum atomic E-state index is 12.7. The number of aryl methyl sites for hydroxylation is 1. The second-order valence-corrected chi connectivity index (χ2v) is 4.83. The zero-order valence-electron chi connectivity index (χ0n) is 11.3. The van der Waals surface area contributed by atoms with Crippen LogP contribution in [0, 0.1) is 0 Å². The zero-order chi connectivity index (χ0) is 16.1. The number of aromatic nitrogens is 3. The van der Waals surface area contributed by atoms with E-state index >= 15 is 0 Å². The fraction of sp³-hybridized carbons (Fsp3) is 0.143. The molecule has 0 atom stereocenters. The molecule has 0 spiro atoms. The highest BCUT2D eigenvalue weighted by molar-refractivity contribution is 5.89. The second kappa shape index (κ2) is 4.62. The molecule has 2 N–H and O–H groups in total. The van der Waals surface area contributed by atoms with Crippen LogP contribution in [0.2, 0.25) is 0 Å². The first-order valence-corrected chi connectivity index (χ1v) is 6.23. The lowest BCUT2D eigenvalue weighted by Gasteiger charge is -2.06. The van der Waals surface area contributed by atoms with E-state index in [0.717, 1.165) is 12.1 Å². The van der Waals surface area contributed by atoms with E-state index in [2.05, 4.69) is 10.2 Å². The largest absolute Gasteiger partial charge is 0.477 e. The number of aromatic amines is 1. The molecular weight excluding hydrogens is 299 g/mol. The third-order valence-corrected chi connectivity index (χ3v) is 3.44. The van der Waals surface area contributed by atoms with Gasteiger partial charge in [-0.05, 0) is 24.3 Å². The summed E-state index contributed by atoms with van der Waals surface area (Å²) in [5.74, 6) is -1.16. The normalized spacial score (nSPS) is 12.0. The molecule has 3 rings (SSSR count). The summed E-state index contributed by atoms with van der Waals surface area (Å²) in [7, 11) is 1.68. The Balaban J connectivity index is 2.14. The number of carbonyl (C=O) groups is 1. The van der Waals surface area contributed by atoms with Gasteiger partial charge >= 0.3 is 12.1 Å². The van der Waals surface area contributed by atoms with E-state index in [1.807, 2.05) is 0 Å². The maximum Gasteiger partial charge on any atom is 0.416 e. The number of halogens is 3. The predicted octanol–water partition coefficient (Wildman–Crippen LogP) is 3.29. The van der Waals surface area contributed by atoms with Crippen molar-refractivity contribution in [1.82, 2.24) is 14.8 Å². The highest BCUT2D eigenvalue weighted by Crippen LogP contribution is 2.33. The van der Waals surface area contributed by atoms with Crippen molar-refractivity contribution in [2.75, 3.05) is 0 Å². The quantitative estimate of drug-likeness (QED) is 0.763. The summed E-state index contributed by atoms with van der Waals surface area (Å²) in [5, 5.41) is 15.5. The monoisotopic (exact) mass is 309 g/mol. The van der Waals surface area contributed by atoms with Gasteiger partial charge in [-0.2, -0.15) is 18.3 Å². The summed E-state index contributed by atoms with van der Waals surface area (Å²) in [5.41, 5.74) is 0.659. The van der Waals surface area contributed by atoms with Crippen LogP contribution in [0.15, 0.2) is 30.3 Å². The molecule has 2 aromatic heterocycles. The molecule has 114 valence electrons. The Kier molecular flexibility index (Phi) is 2.98. The van der Waals surface area contributed by atoms with Crippen LogP contribution in [0.1, 0.15) is 16.1 Å². The SMILES string of the molecule is Cn1c(-c2cc(C(=O)O)[nH]n2)cc2cc(C(F)(F)F)ccc21. The lowest BCUT2D eigenvalue weighted by atomic mass is 10.1. The van der Waals surface area contributed by atoms with Crippen LogP contribution in [-0.4, -0.2) is 25.8 Å². The first-order chi connectivity index (χ1) is 10.3. The van der Waals surface area contributed by atoms with Gasteiger partial charge in [0.25, 0.3) is 0 Å². The van der Waals surface area contributed by atoms with Crippen LogP contribution >= 0.6 is 0 Å². The van der Waals surface area contributed by atoms with Crippen LogP contribution in [0.3, 0.4) is 0 Å². The third kappa shape index (κ3) is 2.22. The molecule has 0 amide bonds. The smallest absolute Gasteiger partial charge is 0.416 e. The van der Waals surface area contributed by atoms with Gasteiger partial charge in [-0.15, -0.1) is 0 Å². The van der Waals surface area contributed by atoms with Crippen molar-refractivity contribution in [3.63, 3.8) is 0 Å². The van der Waals surface area contributed by atoms with Crippen molar-refractivity contribution in [1.29, 1.82) is 0 Å². The third-order valence-electron chi connectivity index (χ3n) is 3.44. The van der Waals surface area contributed by atoms with E-state index < -0.39 is 17.7 Å². The number of nitrogens with zero attached hydrogens (tertiary/aromatic N) is 2. The van der Waals surface area contributed by atoms with Crippen molar-refractivity contribution < 1.29 is 23.1 Å². The van der Waals surface area contributed by atoms with Gasteiger partial charge < -0.3 is 9.67 Å². The standard InChI is InChI=1S/C14H10F3N3O2/c1-20-11-3-2-8(14(15,16)17)4-7(11)5-12(20)9-6-10(13(21)22)19-18-9/h2-6H,1H3,(H,18,19)(H,21,22). The van der Waals surface area contributed by atoms with Crippen LogP contribution in [0.5, 0.6) is 0 Å². The predicted molar refractivity (Wildman–Crippen MR) is 72.5 cm³/mol. The van der Waals surface area contributed by atoms with Gasteiger partial charge in [-0.1, -0.05) is 0 Å². The Morgan fingerprint density at radius 1 is 1.27 bits per heavy atom. The van der Waals surface area contributed by atoms with Gasteiger partial charge in [-0.25, -0.2) is 4.79 Å². The minimum absolute atomic E-state index is 0.0868. The van der Waals surface area contributed by atoms with Crippen LogP contribution < -0.4 is 0 Å². The first kappa shape index (κ1) is 14.2. The van der Waals surface area contributed by atoms with Crippen LogP contribution in [0.4, 0.5) is 13.2 Å². The minimum atomic E-state index is -4.41. The fourth-order valence-electron chi connectivity index (χ4n) is 2.33. The van der Waals surface area contributed by atoms with Crippen molar-refractivity contribution in [2.45, 2.75) is 6.18 Å². The Morgan fingerprint density at radius 3 is 2.59 bits per heavy atom. The molecule has 3 aromatic rings. The summed E-state index contributed by atoms with van der Waals surface area (Å²) in [6.07, 6.45) is -4.41. The Bertz CT molecular complexity index is 877. The Labute approximate surface area is 122 Å². The van der Waals surface area contributed by atoms with E-state index in [9.17, 15) is 18.0 Å². The number of hydrogen-bond donors (Lipinski definition) is 2. The highest BCUT2D eigenvalue weighted by atomic mass is 19.4. The van der Waals surface area contributed by atoms with Gasteiger partial charge in [-0.3, -0.25) is 5.10 Å². The van der Waals surface area contributed by atoms with E-state index in [1.165, 1.54) is 12.1 Å².